The Balaban J connectivity index is 1.74. The number of rotatable bonds is 5. The molecule has 0 spiro atoms. The number of benzene rings is 2. The molecule has 8 heteroatoms. The molecule has 0 radical (unpaired) electrons. The van der Waals surface area contributed by atoms with E-state index in [1.54, 1.807) is 23.1 Å². The molecular weight excluding hydrogens is 419 g/mol. The average Bonchev–Trinajstić information content (AvgIpc) is 3.05. The van der Waals surface area contributed by atoms with Gasteiger partial charge in [-0.1, -0.05) is 0 Å². The minimum absolute atomic E-state index is 0.0962. The van der Waals surface area contributed by atoms with E-state index in [4.69, 9.17) is 9.47 Å². The van der Waals surface area contributed by atoms with Crippen molar-refractivity contribution in [3.05, 3.63) is 46.7 Å². The maximum Gasteiger partial charge on any atom is 0.229 e. The van der Waals surface area contributed by atoms with Crippen LogP contribution in [0.15, 0.2) is 40.9 Å². The van der Waals surface area contributed by atoms with E-state index in [0.29, 0.717) is 27.3 Å². The molecule has 3 rings (SSSR count). The summed E-state index contributed by atoms with van der Waals surface area (Å²) >= 11 is 3.22. The number of halogens is 2. The van der Waals surface area contributed by atoms with Crippen molar-refractivity contribution in [3.63, 3.8) is 0 Å². The van der Waals surface area contributed by atoms with Gasteiger partial charge in [0.05, 0.1) is 25.8 Å². The van der Waals surface area contributed by atoms with Gasteiger partial charge >= 0.3 is 0 Å². The lowest BCUT2D eigenvalue weighted by Crippen LogP contribution is -2.28. The highest BCUT2D eigenvalue weighted by Crippen LogP contribution is 2.34. The van der Waals surface area contributed by atoms with Gasteiger partial charge in [-0.15, -0.1) is 0 Å². The van der Waals surface area contributed by atoms with Crippen molar-refractivity contribution < 1.29 is 23.5 Å². The number of ether oxygens (including phenoxy) is 2. The van der Waals surface area contributed by atoms with Crippen molar-refractivity contribution in [2.45, 2.75) is 6.42 Å². The second-order valence-electron chi connectivity index (χ2n) is 6.06. The Labute approximate surface area is 164 Å². The first-order valence-electron chi connectivity index (χ1n) is 8.21. The van der Waals surface area contributed by atoms with Crippen LogP contribution < -0.4 is 19.7 Å². The third kappa shape index (κ3) is 4.05. The summed E-state index contributed by atoms with van der Waals surface area (Å²) in [4.78, 5) is 26.5. The van der Waals surface area contributed by atoms with E-state index in [0.717, 1.165) is 0 Å². The average molecular weight is 437 g/mol. The van der Waals surface area contributed by atoms with E-state index in [-0.39, 0.29) is 24.8 Å². The molecule has 1 aliphatic rings. The quantitative estimate of drug-likeness (QED) is 0.777. The van der Waals surface area contributed by atoms with Crippen LogP contribution in [0, 0.1) is 11.7 Å². The third-order valence-corrected chi connectivity index (χ3v) is 5.02. The summed E-state index contributed by atoms with van der Waals surface area (Å²) in [6.45, 7) is 0.249. The minimum atomic E-state index is -0.512. The van der Waals surface area contributed by atoms with Gasteiger partial charge in [-0.25, -0.2) is 4.39 Å². The molecule has 0 saturated carbocycles. The molecule has 0 aromatic heterocycles. The SMILES string of the molecule is COc1ccc(N2CC(C(=O)Nc3ccc(F)cc3Br)CC2=O)cc1OC. The summed E-state index contributed by atoms with van der Waals surface area (Å²) < 4.78 is 24.1. The van der Waals surface area contributed by atoms with E-state index < -0.39 is 11.7 Å². The Bertz CT molecular complexity index is 890. The van der Waals surface area contributed by atoms with Gasteiger partial charge in [0.15, 0.2) is 11.5 Å². The van der Waals surface area contributed by atoms with Gasteiger partial charge in [-0.2, -0.15) is 0 Å². The third-order valence-electron chi connectivity index (χ3n) is 4.36. The van der Waals surface area contributed by atoms with Crippen LogP contribution in [0.25, 0.3) is 0 Å². The smallest absolute Gasteiger partial charge is 0.229 e. The van der Waals surface area contributed by atoms with E-state index in [2.05, 4.69) is 21.2 Å². The first-order chi connectivity index (χ1) is 12.9. The van der Waals surface area contributed by atoms with Crippen LogP contribution in [0.1, 0.15) is 6.42 Å². The summed E-state index contributed by atoms with van der Waals surface area (Å²) in [5.41, 5.74) is 1.09. The van der Waals surface area contributed by atoms with Gasteiger partial charge in [-0.3, -0.25) is 9.59 Å². The van der Waals surface area contributed by atoms with Crippen LogP contribution in [0.4, 0.5) is 15.8 Å². The fourth-order valence-electron chi connectivity index (χ4n) is 2.95. The van der Waals surface area contributed by atoms with Crippen molar-refractivity contribution in [1.82, 2.24) is 0 Å². The summed E-state index contributed by atoms with van der Waals surface area (Å²) in [5, 5.41) is 2.74. The largest absolute Gasteiger partial charge is 0.493 e. The van der Waals surface area contributed by atoms with Crippen molar-refractivity contribution in [2.75, 3.05) is 31.0 Å². The fourth-order valence-corrected chi connectivity index (χ4v) is 3.40. The second-order valence-corrected chi connectivity index (χ2v) is 6.91. The molecule has 2 aromatic carbocycles. The second kappa shape index (κ2) is 7.96. The summed E-state index contributed by atoms with van der Waals surface area (Å²) in [7, 11) is 3.05. The molecule has 1 fully saturated rings. The number of hydrogen-bond donors (Lipinski definition) is 1. The molecule has 2 aromatic rings. The monoisotopic (exact) mass is 436 g/mol. The van der Waals surface area contributed by atoms with Crippen LogP contribution in [-0.4, -0.2) is 32.6 Å². The first-order valence-corrected chi connectivity index (χ1v) is 9.00. The highest BCUT2D eigenvalue weighted by Gasteiger charge is 2.35. The molecule has 0 bridgehead atoms. The molecule has 1 aliphatic heterocycles. The lowest BCUT2D eigenvalue weighted by Gasteiger charge is -2.18. The topological polar surface area (TPSA) is 67.9 Å². The van der Waals surface area contributed by atoms with Gasteiger partial charge in [0.1, 0.15) is 5.82 Å². The maximum absolute atomic E-state index is 13.2. The van der Waals surface area contributed by atoms with Crippen LogP contribution in [0.5, 0.6) is 11.5 Å². The van der Waals surface area contributed by atoms with Gasteiger partial charge in [0.2, 0.25) is 11.8 Å². The summed E-state index contributed by atoms with van der Waals surface area (Å²) in [6.07, 6.45) is 0.0962. The molecule has 1 heterocycles. The van der Waals surface area contributed by atoms with Gasteiger partial charge in [-0.05, 0) is 46.3 Å². The molecule has 1 saturated heterocycles. The zero-order valence-corrected chi connectivity index (χ0v) is 16.4. The van der Waals surface area contributed by atoms with Crippen LogP contribution in [0.2, 0.25) is 0 Å². The lowest BCUT2D eigenvalue weighted by atomic mass is 10.1. The number of anilines is 2. The Morgan fingerprint density at radius 2 is 1.93 bits per heavy atom. The van der Waals surface area contributed by atoms with Crippen molar-refractivity contribution >= 4 is 39.1 Å². The highest BCUT2D eigenvalue weighted by atomic mass is 79.9. The first kappa shape index (κ1) is 19.2. The summed E-state index contributed by atoms with van der Waals surface area (Å²) in [5.74, 6) is -0.299. The molecule has 1 atom stereocenters. The molecular formula is C19H18BrFN2O4. The predicted molar refractivity (Wildman–Crippen MR) is 103 cm³/mol. The predicted octanol–water partition coefficient (Wildman–Crippen LogP) is 3.60. The number of nitrogens with zero attached hydrogens (tertiary/aromatic N) is 1. The lowest BCUT2D eigenvalue weighted by molar-refractivity contribution is -0.122. The molecule has 6 nitrogen and oxygen atoms in total. The number of carbonyl (C=O) groups excluding carboxylic acids is 2. The fraction of sp³-hybridized carbons (Fsp3) is 0.263. The minimum Gasteiger partial charge on any atom is -0.493 e. The standard InChI is InChI=1S/C19H18BrFN2O4/c1-26-16-6-4-13(9-17(16)27-2)23-10-11(7-18(23)24)19(25)22-15-5-3-12(21)8-14(15)20/h3-6,8-9,11H,7,10H2,1-2H3,(H,22,25). The number of amides is 2. The van der Waals surface area contributed by atoms with Gasteiger partial charge < -0.3 is 19.7 Å². The van der Waals surface area contributed by atoms with Gasteiger partial charge in [0, 0.05) is 29.2 Å². The van der Waals surface area contributed by atoms with Crippen LogP contribution in [0.3, 0.4) is 0 Å². The normalized spacial score (nSPS) is 16.4. The van der Waals surface area contributed by atoms with E-state index >= 15 is 0 Å². The maximum atomic E-state index is 13.2. The zero-order chi connectivity index (χ0) is 19.6. The van der Waals surface area contributed by atoms with Crippen LogP contribution >= 0.6 is 15.9 Å². The number of nitrogens with one attached hydrogen (secondary N) is 1. The molecule has 2 amide bonds. The van der Waals surface area contributed by atoms with E-state index in [1.165, 1.54) is 32.4 Å². The zero-order valence-electron chi connectivity index (χ0n) is 14.8. The summed E-state index contributed by atoms with van der Waals surface area (Å²) in [6, 6.07) is 9.16. The number of carbonyl (C=O) groups is 2. The molecule has 0 aliphatic carbocycles. The Hall–Kier alpha value is -2.61. The van der Waals surface area contributed by atoms with E-state index in [9.17, 15) is 14.0 Å². The Kier molecular flexibility index (Phi) is 5.65. The number of hydrogen-bond acceptors (Lipinski definition) is 4. The molecule has 27 heavy (non-hydrogen) atoms. The van der Waals surface area contributed by atoms with E-state index in [1.807, 2.05) is 0 Å². The highest BCUT2D eigenvalue weighted by molar-refractivity contribution is 9.10. The molecule has 1 N–H and O–H groups in total. The van der Waals surface area contributed by atoms with Crippen molar-refractivity contribution in [1.29, 1.82) is 0 Å². The van der Waals surface area contributed by atoms with Crippen molar-refractivity contribution in [2.24, 2.45) is 5.92 Å². The Morgan fingerprint density at radius 3 is 2.59 bits per heavy atom. The molecule has 142 valence electrons. The van der Waals surface area contributed by atoms with Crippen LogP contribution in [-0.2, 0) is 9.59 Å². The van der Waals surface area contributed by atoms with Gasteiger partial charge in [0.25, 0.3) is 0 Å². The number of methoxy groups -OCH3 is 2. The van der Waals surface area contributed by atoms with Crippen molar-refractivity contribution in [3.8, 4) is 11.5 Å². The molecule has 1 unspecified atom stereocenters. The Morgan fingerprint density at radius 1 is 1.19 bits per heavy atom.